The van der Waals surface area contributed by atoms with Crippen LogP contribution in [0.4, 0.5) is 0 Å². The van der Waals surface area contributed by atoms with Crippen LogP contribution in [0.1, 0.15) is 49.3 Å². The van der Waals surface area contributed by atoms with Gasteiger partial charge in [0.15, 0.2) is 0 Å². The maximum atomic E-state index is 10.5. The smallest absolute Gasteiger partial charge is 0.0962 e. The fourth-order valence-corrected chi connectivity index (χ4v) is 2.79. The summed E-state index contributed by atoms with van der Waals surface area (Å²) in [5.41, 5.74) is 6.92. The molecule has 1 fully saturated rings. The highest BCUT2D eigenvalue weighted by Crippen LogP contribution is 2.30. The Balaban J connectivity index is 2.10. The van der Waals surface area contributed by atoms with E-state index in [-0.39, 0.29) is 6.61 Å². The second kappa shape index (κ2) is 7.18. The van der Waals surface area contributed by atoms with Crippen molar-refractivity contribution in [3.8, 4) is 0 Å². The van der Waals surface area contributed by atoms with Crippen LogP contribution in [0.3, 0.4) is 0 Å². The summed E-state index contributed by atoms with van der Waals surface area (Å²) in [4.78, 5) is 0. The third-order valence-corrected chi connectivity index (χ3v) is 4.20. The number of aliphatic hydroxyl groups is 3. The molecule has 1 aromatic rings. The van der Waals surface area contributed by atoms with Gasteiger partial charge in [0.2, 0.25) is 0 Å². The number of hydrogen-bond donors (Lipinski definition) is 4. The molecule has 0 amide bonds. The first-order chi connectivity index (χ1) is 10.0. The molecule has 1 aromatic carbocycles. The van der Waals surface area contributed by atoms with E-state index < -0.39 is 17.7 Å². The van der Waals surface area contributed by atoms with E-state index in [9.17, 15) is 10.2 Å². The first kappa shape index (κ1) is 16.2. The fourth-order valence-electron chi connectivity index (χ4n) is 2.79. The normalized spacial score (nSPS) is 21.3. The van der Waals surface area contributed by atoms with E-state index in [0.29, 0.717) is 0 Å². The highest BCUT2D eigenvalue weighted by atomic mass is 16.3. The summed E-state index contributed by atoms with van der Waals surface area (Å²) in [6, 6.07) is 6.90. The van der Waals surface area contributed by atoms with Crippen LogP contribution in [-0.2, 0) is 0 Å². The summed E-state index contributed by atoms with van der Waals surface area (Å²) in [6.07, 6.45) is 7.76. The van der Waals surface area contributed by atoms with Gasteiger partial charge in [0, 0.05) is 0 Å². The van der Waals surface area contributed by atoms with E-state index in [1.54, 1.807) is 0 Å². The van der Waals surface area contributed by atoms with E-state index in [0.717, 1.165) is 36.8 Å². The summed E-state index contributed by atoms with van der Waals surface area (Å²) in [5.74, 6) is 0. The lowest BCUT2D eigenvalue weighted by Crippen LogP contribution is -2.29. The lowest BCUT2D eigenvalue weighted by Gasteiger charge is -2.28. The predicted octanol–water partition coefficient (Wildman–Crippen LogP) is 1.75. The van der Waals surface area contributed by atoms with Gasteiger partial charge in [-0.15, -0.1) is 0 Å². The van der Waals surface area contributed by atoms with Gasteiger partial charge >= 0.3 is 0 Å². The van der Waals surface area contributed by atoms with E-state index in [4.69, 9.17) is 10.8 Å². The van der Waals surface area contributed by atoms with Gasteiger partial charge in [-0.3, -0.25) is 0 Å². The van der Waals surface area contributed by atoms with E-state index in [1.807, 2.05) is 36.4 Å². The maximum Gasteiger partial charge on any atom is 0.0962 e. The Labute approximate surface area is 125 Å². The van der Waals surface area contributed by atoms with Gasteiger partial charge in [-0.2, -0.15) is 0 Å². The Morgan fingerprint density at radius 2 is 1.95 bits per heavy atom. The summed E-state index contributed by atoms with van der Waals surface area (Å²) in [7, 11) is 0. The Morgan fingerprint density at radius 3 is 2.62 bits per heavy atom. The van der Waals surface area contributed by atoms with Crippen LogP contribution in [-0.4, -0.2) is 33.6 Å². The van der Waals surface area contributed by atoms with Crippen LogP contribution >= 0.6 is 0 Å². The van der Waals surface area contributed by atoms with Crippen LogP contribution in [0.2, 0.25) is 0 Å². The van der Waals surface area contributed by atoms with Crippen LogP contribution in [0.5, 0.6) is 0 Å². The van der Waals surface area contributed by atoms with Gasteiger partial charge in [0.25, 0.3) is 0 Å². The average molecular weight is 291 g/mol. The highest BCUT2D eigenvalue weighted by molar-refractivity contribution is 5.52. The third kappa shape index (κ3) is 4.38. The molecule has 1 aliphatic rings. The molecule has 2 atom stereocenters. The Kier molecular flexibility index (Phi) is 5.53. The van der Waals surface area contributed by atoms with Crippen molar-refractivity contribution >= 4 is 6.08 Å². The van der Waals surface area contributed by atoms with E-state index >= 15 is 0 Å². The molecule has 1 saturated carbocycles. The van der Waals surface area contributed by atoms with Crippen LogP contribution < -0.4 is 5.73 Å². The molecule has 0 aromatic heterocycles. The van der Waals surface area contributed by atoms with Crippen molar-refractivity contribution in [2.45, 2.75) is 49.9 Å². The molecular weight excluding hydrogens is 266 g/mol. The lowest BCUT2D eigenvalue weighted by molar-refractivity contribution is 0.0521. The number of nitrogens with two attached hydrogens (primary N) is 1. The molecule has 116 valence electrons. The van der Waals surface area contributed by atoms with Crippen molar-refractivity contribution in [1.29, 1.82) is 0 Å². The Hall–Kier alpha value is -1.20. The fraction of sp³-hybridized carbons (Fsp3) is 0.529. The topological polar surface area (TPSA) is 86.7 Å². The van der Waals surface area contributed by atoms with Gasteiger partial charge in [0.1, 0.15) is 0 Å². The quantitative estimate of drug-likeness (QED) is 0.665. The van der Waals surface area contributed by atoms with Gasteiger partial charge in [-0.1, -0.05) is 55.7 Å². The van der Waals surface area contributed by atoms with Crippen molar-refractivity contribution in [3.05, 3.63) is 41.5 Å². The van der Waals surface area contributed by atoms with Crippen molar-refractivity contribution in [3.63, 3.8) is 0 Å². The number of hydrogen-bond acceptors (Lipinski definition) is 4. The van der Waals surface area contributed by atoms with Crippen molar-refractivity contribution < 1.29 is 15.3 Å². The monoisotopic (exact) mass is 291 g/mol. The standard InChI is InChI=1S/C17H25NO3/c18-16(15(20)12-19)14-6-4-5-13(11-14)7-10-17(21)8-2-1-3-9-17/h4-7,10-11,15-16,19-21H,1-3,8-9,12,18H2/t15-,16?/m1/s1. The van der Waals surface area contributed by atoms with Crippen LogP contribution in [0.15, 0.2) is 30.3 Å². The lowest BCUT2D eigenvalue weighted by atomic mass is 9.84. The minimum Gasteiger partial charge on any atom is -0.394 e. The molecule has 0 aliphatic heterocycles. The molecule has 4 heteroatoms. The second-order valence-electron chi connectivity index (χ2n) is 5.94. The predicted molar refractivity (Wildman–Crippen MR) is 83.5 cm³/mol. The molecule has 0 heterocycles. The summed E-state index contributed by atoms with van der Waals surface area (Å²) in [6.45, 7) is -0.360. The largest absolute Gasteiger partial charge is 0.394 e. The minimum absolute atomic E-state index is 0.360. The SMILES string of the molecule is NC(c1cccc(C=CC2(O)CCCCC2)c1)[C@H](O)CO. The summed E-state index contributed by atoms with van der Waals surface area (Å²) in [5, 5.41) is 29.0. The molecule has 4 nitrogen and oxygen atoms in total. The molecule has 5 N–H and O–H groups in total. The van der Waals surface area contributed by atoms with Crippen molar-refractivity contribution in [1.82, 2.24) is 0 Å². The summed E-state index contributed by atoms with van der Waals surface area (Å²) < 4.78 is 0. The first-order valence-electron chi connectivity index (χ1n) is 7.60. The molecule has 21 heavy (non-hydrogen) atoms. The zero-order valence-electron chi connectivity index (χ0n) is 12.3. The zero-order valence-corrected chi connectivity index (χ0v) is 12.3. The number of rotatable bonds is 5. The van der Waals surface area contributed by atoms with Gasteiger partial charge in [-0.25, -0.2) is 0 Å². The van der Waals surface area contributed by atoms with Crippen LogP contribution in [0, 0.1) is 0 Å². The van der Waals surface area contributed by atoms with Gasteiger partial charge in [0.05, 0.1) is 24.4 Å². The van der Waals surface area contributed by atoms with Gasteiger partial charge < -0.3 is 21.1 Å². The molecule has 0 bridgehead atoms. The molecule has 2 rings (SSSR count). The number of benzene rings is 1. The third-order valence-electron chi connectivity index (χ3n) is 4.20. The molecule has 0 saturated heterocycles. The number of aliphatic hydroxyl groups excluding tert-OH is 2. The molecule has 0 radical (unpaired) electrons. The van der Waals surface area contributed by atoms with Crippen molar-refractivity contribution in [2.24, 2.45) is 5.73 Å². The van der Waals surface area contributed by atoms with Crippen molar-refractivity contribution in [2.75, 3.05) is 6.61 Å². The Morgan fingerprint density at radius 1 is 1.24 bits per heavy atom. The first-order valence-corrected chi connectivity index (χ1v) is 7.60. The van der Waals surface area contributed by atoms with E-state index in [1.165, 1.54) is 6.42 Å². The van der Waals surface area contributed by atoms with E-state index in [2.05, 4.69) is 0 Å². The molecule has 1 unspecified atom stereocenters. The van der Waals surface area contributed by atoms with Crippen LogP contribution in [0.25, 0.3) is 6.08 Å². The summed E-state index contributed by atoms with van der Waals surface area (Å²) >= 11 is 0. The molecule has 0 spiro atoms. The highest BCUT2D eigenvalue weighted by Gasteiger charge is 2.25. The Bertz CT molecular complexity index is 481. The second-order valence-corrected chi connectivity index (χ2v) is 5.94. The van der Waals surface area contributed by atoms with Gasteiger partial charge in [-0.05, 0) is 24.0 Å². The zero-order chi connectivity index (χ0) is 15.3. The maximum absolute atomic E-state index is 10.5. The average Bonchev–Trinajstić information content (AvgIpc) is 2.52. The minimum atomic E-state index is -0.966. The molecular formula is C17H25NO3. The molecule has 1 aliphatic carbocycles.